The molecule has 1 rings (SSSR count). The maximum Gasteiger partial charge on any atom is 0.128 e. The largest absolute Gasteiger partial charge is 0.312 e. The van der Waals surface area contributed by atoms with Crippen LogP contribution in [0.3, 0.4) is 0 Å². The fourth-order valence-corrected chi connectivity index (χ4v) is 2.14. The molecule has 0 aliphatic heterocycles. The lowest BCUT2D eigenvalue weighted by atomic mass is 10.1. The van der Waals surface area contributed by atoms with Crippen LogP contribution in [0.1, 0.15) is 18.5 Å². The monoisotopic (exact) mass is 213 g/mol. The Morgan fingerprint density at radius 3 is 2.71 bits per heavy atom. The summed E-state index contributed by atoms with van der Waals surface area (Å²) in [4.78, 5) is 0. The lowest BCUT2D eigenvalue weighted by molar-refractivity contribution is 0.566. The highest BCUT2D eigenvalue weighted by Crippen LogP contribution is 2.20. The van der Waals surface area contributed by atoms with Gasteiger partial charge in [-0.1, -0.05) is 25.1 Å². The average molecular weight is 213 g/mol. The Balaban J connectivity index is 2.73. The van der Waals surface area contributed by atoms with Crippen LogP contribution in [0.25, 0.3) is 0 Å². The van der Waals surface area contributed by atoms with Crippen LogP contribution in [0, 0.1) is 5.82 Å². The van der Waals surface area contributed by atoms with E-state index in [1.165, 1.54) is 6.07 Å². The normalized spacial score (nSPS) is 12.8. The number of hydrogen-bond donors (Lipinski definition) is 1. The Morgan fingerprint density at radius 2 is 2.14 bits per heavy atom. The minimum Gasteiger partial charge on any atom is -0.312 e. The topological polar surface area (TPSA) is 12.0 Å². The zero-order valence-electron chi connectivity index (χ0n) is 8.59. The van der Waals surface area contributed by atoms with Crippen molar-refractivity contribution in [3.8, 4) is 0 Å². The summed E-state index contributed by atoms with van der Waals surface area (Å²) >= 11 is 1.82. The van der Waals surface area contributed by atoms with Crippen molar-refractivity contribution in [2.75, 3.05) is 18.6 Å². The quantitative estimate of drug-likeness (QED) is 0.807. The van der Waals surface area contributed by atoms with E-state index in [-0.39, 0.29) is 11.9 Å². The maximum atomic E-state index is 13.4. The molecule has 1 aromatic rings. The molecule has 14 heavy (non-hydrogen) atoms. The first-order chi connectivity index (χ1) is 6.79. The molecule has 3 heteroatoms. The standard InChI is InChI=1S/C11H16FNS/c1-3-14-8-11(13-2)9-6-4-5-7-10(9)12/h4-7,11,13H,3,8H2,1-2H3. The molecule has 0 aromatic heterocycles. The minimum absolute atomic E-state index is 0.112. The van der Waals surface area contributed by atoms with Crippen molar-refractivity contribution < 1.29 is 4.39 Å². The Labute approximate surface area is 89.1 Å². The summed E-state index contributed by atoms with van der Waals surface area (Å²) in [6.45, 7) is 2.11. The first kappa shape index (κ1) is 11.5. The Bertz CT molecular complexity index is 278. The van der Waals surface area contributed by atoms with Crippen molar-refractivity contribution in [2.45, 2.75) is 13.0 Å². The highest BCUT2D eigenvalue weighted by Gasteiger charge is 2.12. The van der Waals surface area contributed by atoms with Gasteiger partial charge in [0.1, 0.15) is 5.82 Å². The first-order valence-corrected chi connectivity index (χ1v) is 5.94. The van der Waals surface area contributed by atoms with E-state index in [1.54, 1.807) is 6.07 Å². The van der Waals surface area contributed by atoms with E-state index in [4.69, 9.17) is 0 Å². The van der Waals surface area contributed by atoms with Gasteiger partial charge >= 0.3 is 0 Å². The molecule has 0 radical (unpaired) electrons. The molecule has 1 unspecified atom stereocenters. The zero-order chi connectivity index (χ0) is 10.4. The van der Waals surface area contributed by atoms with E-state index >= 15 is 0 Å². The van der Waals surface area contributed by atoms with E-state index < -0.39 is 0 Å². The van der Waals surface area contributed by atoms with Crippen molar-refractivity contribution in [2.24, 2.45) is 0 Å². The van der Waals surface area contributed by atoms with Crippen LogP contribution in [0.15, 0.2) is 24.3 Å². The van der Waals surface area contributed by atoms with Crippen molar-refractivity contribution >= 4 is 11.8 Å². The smallest absolute Gasteiger partial charge is 0.128 e. The molecule has 0 aliphatic rings. The maximum absolute atomic E-state index is 13.4. The van der Waals surface area contributed by atoms with Crippen LogP contribution in [-0.4, -0.2) is 18.6 Å². The molecule has 78 valence electrons. The number of hydrogen-bond acceptors (Lipinski definition) is 2. The number of nitrogens with one attached hydrogen (secondary N) is 1. The summed E-state index contributed by atoms with van der Waals surface area (Å²) in [6, 6.07) is 7.06. The van der Waals surface area contributed by atoms with Gasteiger partial charge in [0, 0.05) is 17.4 Å². The molecule has 1 aromatic carbocycles. The molecule has 0 bridgehead atoms. The molecule has 0 saturated carbocycles. The highest BCUT2D eigenvalue weighted by molar-refractivity contribution is 7.99. The lowest BCUT2D eigenvalue weighted by Crippen LogP contribution is -2.20. The van der Waals surface area contributed by atoms with Crippen LogP contribution in [-0.2, 0) is 0 Å². The zero-order valence-corrected chi connectivity index (χ0v) is 9.40. The van der Waals surface area contributed by atoms with E-state index in [9.17, 15) is 4.39 Å². The molecular formula is C11H16FNS. The molecule has 0 saturated heterocycles. The van der Waals surface area contributed by atoms with Crippen molar-refractivity contribution in [3.63, 3.8) is 0 Å². The summed E-state index contributed by atoms with van der Waals surface area (Å²) in [6.07, 6.45) is 0. The van der Waals surface area contributed by atoms with Gasteiger partial charge in [-0.25, -0.2) is 4.39 Å². The molecule has 0 heterocycles. The molecule has 0 fully saturated rings. The van der Waals surface area contributed by atoms with Gasteiger partial charge in [-0.05, 0) is 18.9 Å². The van der Waals surface area contributed by atoms with Gasteiger partial charge in [0.15, 0.2) is 0 Å². The number of benzene rings is 1. The molecule has 0 amide bonds. The fourth-order valence-electron chi connectivity index (χ4n) is 1.32. The van der Waals surface area contributed by atoms with Crippen LogP contribution < -0.4 is 5.32 Å². The van der Waals surface area contributed by atoms with Gasteiger partial charge < -0.3 is 5.32 Å². The number of halogens is 1. The second-order valence-electron chi connectivity index (χ2n) is 3.02. The molecule has 1 nitrogen and oxygen atoms in total. The third-order valence-corrected chi connectivity index (χ3v) is 3.10. The van der Waals surface area contributed by atoms with E-state index in [2.05, 4.69) is 12.2 Å². The average Bonchev–Trinajstić information content (AvgIpc) is 2.21. The fraction of sp³-hybridized carbons (Fsp3) is 0.455. The minimum atomic E-state index is -0.122. The number of rotatable bonds is 5. The van der Waals surface area contributed by atoms with E-state index in [1.807, 2.05) is 30.9 Å². The van der Waals surface area contributed by atoms with E-state index in [0.717, 1.165) is 17.1 Å². The first-order valence-electron chi connectivity index (χ1n) is 4.79. The van der Waals surface area contributed by atoms with Crippen molar-refractivity contribution in [1.82, 2.24) is 5.32 Å². The van der Waals surface area contributed by atoms with Crippen LogP contribution in [0.5, 0.6) is 0 Å². The Morgan fingerprint density at radius 1 is 1.43 bits per heavy atom. The predicted molar refractivity (Wildman–Crippen MR) is 61.2 cm³/mol. The third kappa shape index (κ3) is 3.00. The Hall–Kier alpha value is -0.540. The van der Waals surface area contributed by atoms with Crippen molar-refractivity contribution in [3.05, 3.63) is 35.6 Å². The van der Waals surface area contributed by atoms with Gasteiger partial charge in [-0.3, -0.25) is 0 Å². The SMILES string of the molecule is CCSCC(NC)c1ccccc1F. The molecule has 1 N–H and O–H groups in total. The van der Waals surface area contributed by atoms with E-state index in [0.29, 0.717) is 0 Å². The van der Waals surface area contributed by atoms with Gasteiger partial charge in [-0.2, -0.15) is 11.8 Å². The third-order valence-electron chi connectivity index (χ3n) is 2.12. The van der Waals surface area contributed by atoms with Crippen LogP contribution in [0.2, 0.25) is 0 Å². The lowest BCUT2D eigenvalue weighted by Gasteiger charge is -2.16. The van der Waals surface area contributed by atoms with Gasteiger partial charge in [-0.15, -0.1) is 0 Å². The predicted octanol–water partition coefficient (Wildman–Crippen LogP) is 2.84. The van der Waals surface area contributed by atoms with Gasteiger partial charge in [0.05, 0.1) is 0 Å². The van der Waals surface area contributed by atoms with Crippen LogP contribution >= 0.6 is 11.8 Å². The summed E-state index contributed by atoms with van der Waals surface area (Å²) in [7, 11) is 1.87. The molecule has 0 aliphatic carbocycles. The summed E-state index contributed by atoms with van der Waals surface area (Å²) in [5.74, 6) is 1.85. The second-order valence-corrected chi connectivity index (χ2v) is 4.34. The van der Waals surface area contributed by atoms with Gasteiger partial charge in [0.2, 0.25) is 0 Å². The summed E-state index contributed by atoms with van der Waals surface area (Å²) in [5.41, 5.74) is 0.760. The Kier molecular flexibility index (Phi) is 4.98. The number of thioether (sulfide) groups is 1. The van der Waals surface area contributed by atoms with Gasteiger partial charge in [0.25, 0.3) is 0 Å². The summed E-state index contributed by atoms with van der Waals surface area (Å²) < 4.78 is 13.4. The molecule has 1 atom stereocenters. The van der Waals surface area contributed by atoms with Crippen LogP contribution in [0.4, 0.5) is 4.39 Å². The summed E-state index contributed by atoms with van der Waals surface area (Å²) in [5, 5.41) is 3.13. The highest BCUT2D eigenvalue weighted by atomic mass is 32.2. The molecular weight excluding hydrogens is 197 g/mol. The van der Waals surface area contributed by atoms with Crippen molar-refractivity contribution in [1.29, 1.82) is 0 Å². The second kappa shape index (κ2) is 6.04. The molecule has 0 spiro atoms.